The number of hydrogen-bond acceptors (Lipinski definition) is 4. The van der Waals surface area contributed by atoms with Crippen molar-refractivity contribution in [3.05, 3.63) is 33.9 Å². The molecule has 1 saturated carbocycles. The van der Waals surface area contributed by atoms with E-state index in [4.69, 9.17) is 10.5 Å². The van der Waals surface area contributed by atoms with E-state index in [1.54, 1.807) is 12.1 Å². The molecular weight excluding hydrogens is 268 g/mol. The largest absolute Gasteiger partial charge is 0.393 e. The fourth-order valence-electron chi connectivity index (χ4n) is 3.44. The Kier molecular flexibility index (Phi) is 4.52. The van der Waals surface area contributed by atoms with Crippen LogP contribution in [0, 0.1) is 21.4 Å². The standard InChI is InChI=1S/C16H24N2O3/c1-11-6-13(9-16(2,3)8-11)21-10-12-4-5-14(17)15(7-12)18(19)20/h4-5,7,11,13H,6,8-10,17H2,1-3H3. The van der Waals surface area contributed by atoms with E-state index in [-0.39, 0.29) is 17.5 Å². The highest BCUT2D eigenvalue weighted by atomic mass is 16.6. The van der Waals surface area contributed by atoms with Gasteiger partial charge in [-0.2, -0.15) is 0 Å². The Morgan fingerprint density at radius 3 is 2.76 bits per heavy atom. The normalized spacial score (nSPS) is 24.7. The second-order valence-electron chi connectivity index (χ2n) is 7.00. The lowest BCUT2D eigenvalue weighted by Crippen LogP contribution is -2.32. The predicted octanol–water partition coefficient (Wildman–Crippen LogP) is 3.91. The molecule has 1 aliphatic rings. The summed E-state index contributed by atoms with van der Waals surface area (Å²) in [6.07, 6.45) is 3.54. The van der Waals surface area contributed by atoms with Gasteiger partial charge < -0.3 is 10.5 Å². The Balaban J connectivity index is 2.00. The molecular formula is C16H24N2O3. The molecule has 1 fully saturated rings. The van der Waals surface area contributed by atoms with Crippen molar-refractivity contribution in [2.75, 3.05) is 5.73 Å². The predicted molar refractivity (Wildman–Crippen MR) is 82.9 cm³/mol. The van der Waals surface area contributed by atoms with E-state index in [1.165, 1.54) is 12.5 Å². The van der Waals surface area contributed by atoms with E-state index in [9.17, 15) is 10.1 Å². The van der Waals surface area contributed by atoms with E-state index in [0.717, 1.165) is 18.4 Å². The molecule has 116 valence electrons. The van der Waals surface area contributed by atoms with E-state index in [0.29, 0.717) is 17.9 Å². The second-order valence-corrected chi connectivity index (χ2v) is 7.00. The van der Waals surface area contributed by atoms with Gasteiger partial charge in [-0.3, -0.25) is 10.1 Å². The quantitative estimate of drug-likeness (QED) is 0.518. The third-order valence-electron chi connectivity index (χ3n) is 4.12. The van der Waals surface area contributed by atoms with Crippen LogP contribution in [-0.2, 0) is 11.3 Å². The van der Waals surface area contributed by atoms with Crippen LogP contribution in [-0.4, -0.2) is 11.0 Å². The summed E-state index contributed by atoms with van der Waals surface area (Å²) in [6, 6.07) is 4.87. The van der Waals surface area contributed by atoms with Gasteiger partial charge in [-0.15, -0.1) is 0 Å². The summed E-state index contributed by atoms with van der Waals surface area (Å²) < 4.78 is 5.99. The number of anilines is 1. The number of nitrogens with zero attached hydrogens (tertiary/aromatic N) is 1. The number of nitro groups is 1. The molecule has 0 saturated heterocycles. The monoisotopic (exact) mass is 292 g/mol. The molecule has 0 radical (unpaired) electrons. The van der Waals surface area contributed by atoms with E-state index in [1.807, 2.05) is 0 Å². The zero-order valence-electron chi connectivity index (χ0n) is 13.0. The molecule has 1 aromatic rings. The van der Waals surface area contributed by atoms with Crippen LogP contribution in [0.5, 0.6) is 0 Å². The van der Waals surface area contributed by atoms with Crippen LogP contribution < -0.4 is 5.73 Å². The molecule has 5 nitrogen and oxygen atoms in total. The van der Waals surface area contributed by atoms with Crippen LogP contribution in [0.4, 0.5) is 11.4 Å². The number of ether oxygens (including phenoxy) is 1. The van der Waals surface area contributed by atoms with Crippen molar-refractivity contribution in [3.8, 4) is 0 Å². The fraction of sp³-hybridized carbons (Fsp3) is 0.625. The first-order valence-corrected chi connectivity index (χ1v) is 7.41. The number of nitrogens with two attached hydrogens (primary N) is 1. The van der Waals surface area contributed by atoms with Crippen molar-refractivity contribution >= 4 is 11.4 Å². The maximum Gasteiger partial charge on any atom is 0.292 e. The average Bonchev–Trinajstić information content (AvgIpc) is 2.35. The van der Waals surface area contributed by atoms with Gasteiger partial charge in [0.2, 0.25) is 0 Å². The molecule has 2 N–H and O–H groups in total. The van der Waals surface area contributed by atoms with Gasteiger partial charge in [0.1, 0.15) is 5.69 Å². The third kappa shape index (κ3) is 4.17. The van der Waals surface area contributed by atoms with Crippen LogP contribution in [0.25, 0.3) is 0 Å². The lowest BCUT2D eigenvalue weighted by Gasteiger charge is -2.38. The van der Waals surface area contributed by atoms with Crippen molar-refractivity contribution in [1.82, 2.24) is 0 Å². The minimum Gasteiger partial charge on any atom is -0.393 e. The fourth-order valence-corrected chi connectivity index (χ4v) is 3.44. The first-order valence-electron chi connectivity index (χ1n) is 7.41. The molecule has 2 unspecified atom stereocenters. The van der Waals surface area contributed by atoms with Crippen LogP contribution in [0.2, 0.25) is 0 Å². The molecule has 2 rings (SSSR count). The van der Waals surface area contributed by atoms with Crippen molar-refractivity contribution in [2.24, 2.45) is 11.3 Å². The first-order chi connectivity index (χ1) is 9.77. The summed E-state index contributed by atoms with van der Waals surface area (Å²) in [5.41, 5.74) is 6.84. The summed E-state index contributed by atoms with van der Waals surface area (Å²) in [5.74, 6) is 0.652. The Hall–Kier alpha value is -1.62. The molecule has 1 aliphatic carbocycles. The smallest absolute Gasteiger partial charge is 0.292 e. The molecule has 0 amide bonds. The van der Waals surface area contributed by atoms with Gasteiger partial charge >= 0.3 is 0 Å². The minimum atomic E-state index is -0.454. The lowest BCUT2D eigenvalue weighted by molar-refractivity contribution is -0.384. The van der Waals surface area contributed by atoms with Crippen LogP contribution in [0.1, 0.15) is 45.6 Å². The Morgan fingerprint density at radius 2 is 2.14 bits per heavy atom. The summed E-state index contributed by atoms with van der Waals surface area (Å²) >= 11 is 0. The third-order valence-corrected chi connectivity index (χ3v) is 4.12. The number of benzene rings is 1. The van der Waals surface area contributed by atoms with Crippen molar-refractivity contribution in [3.63, 3.8) is 0 Å². The number of nitro benzene ring substituents is 1. The Morgan fingerprint density at radius 1 is 1.43 bits per heavy atom. The van der Waals surface area contributed by atoms with E-state index < -0.39 is 4.92 Å². The molecule has 0 aromatic heterocycles. The number of nitrogen functional groups attached to an aromatic ring is 1. The summed E-state index contributed by atoms with van der Waals surface area (Å²) in [7, 11) is 0. The van der Waals surface area contributed by atoms with Crippen molar-refractivity contribution in [2.45, 2.75) is 52.7 Å². The first kappa shape index (κ1) is 15.8. The molecule has 2 atom stereocenters. The highest BCUT2D eigenvalue weighted by Crippen LogP contribution is 2.40. The van der Waals surface area contributed by atoms with Gasteiger partial charge in [0, 0.05) is 6.07 Å². The zero-order chi connectivity index (χ0) is 15.6. The van der Waals surface area contributed by atoms with E-state index >= 15 is 0 Å². The maximum atomic E-state index is 10.9. The van der Waals surface area contributed by atoms with Gasteiger partial charge in [0.05, 0.1) is 17.6 Å². The second kappa shape index (κ2) is 6.02. The molecule has 0 spiro atoms. The van der Waals surface area contributed by atoms with Gasteiger partial charge in [-0.1, -0.05) is 26.8 Å². The van der Waals surface area contributed by atoms with Gasteiger partial charge in [0.15, 0.2) is 0 Å². The minimum absolute atomic E-state index is 0.0477. The van der Waals surface area contributed by atoms with Gasteiger partial charge in [0.25, 0.3) is 5.69 Å². The molecule has 0 heterocycles. The average molecular weight is 292 g/mol. The molecule has 5 heteroatoms. The summed E-state index contributed by atoms with van der Waals surface area (Å²) in [4.78, 5) is 10.4. The molecule has 21 heavy (non-hydrogen) atoms. The Bertz CT molecular complexity index is 528. The van der Waals surface area contributed by atoms with Gasteiger partial charge in [-0.05, 0) is 42.2 Å². The number of rotatable bonds is 4. The highest BCUT2D eigenvalue weighted by molar-refractivity contribution is 5.59. The summed E-state index contributed by atoms with van der Waals surface area (Å²) in [6.45, 7) is 7.19. The topological polar surface area (TPSA) is 78.4 Å². The van der Waals surface area contributed by atoms with Crippen molar-refractivity contribution < 1.29 is 9.66 Å². The molecule has 1 aromatic carbocycles. The molecule has 0 bridgehead atoms. The Labute approximate surface area is 125 Å². The molecule has 0 aliphatic heterocycles. The lowest BCUT2D eigenvalue weighted by atomic mass is 9.71. The van der Waals surface area contributed by atoms with Crippen LogP contribution >= 0.6 is 0 Å². The maximum absolute atomic E-state index is 10.9. The number of hydrogen-bond donors (Lipinski definition) is 1. The zero-order valence-corrected chi connectivity index (χ0v) is 13.0. The van der Waals surface area contributed by atoms with Crippen molar-refractivity contribution in [1.29, 1.82) is 0 Å². The summed E-state index contributed by atoms with van der Waals surface area (Å²) in [5, 5.41) is 10.9. The highest BCUT2D eigenvalue weighted by Gasteiger charge is 2.32. The van der Waals surface area contributed by atoms with Gasteiger partial charge in [-0.25, -0.2) is 0 Å². The van der Waals surface area contributed by atoms with Crippen LogP contribution in [0.15, 0.2) is 18.2 Å². The van der Waals surface area contributed by atoms with E-state index in [2.05, 4.69) is 20.8 Å². The SMILES string of the molecule is CC1CC(OCc2ccc(N)c([N+](=O)[O-])c2)CC(C)(C)C1. The van der Waals surface area contributed by atoms with Crippen LogP contribution in [0.3, 0.4) is 0 Å².